The smallest absolute Gasteiger partial charge is 1.00 e. The molecule has 0 amide bonds. The molecule has 0 saturated carbocycles. The summed E-state index contributed by atoms with van der Waals surface area (Å²) in [4.78, 5) is 0. The molecule has 0 heterocycles. The molecule has 0 rings (SSSR count). The minimum Gasteiger partial charge on any atom is -1.00 e. The van der Waals surface area contributed by atoms with Crippen LogP contribution in [0.4, 0.5) is 0 Å². The molecule has 0 aromatic rings. The minimum atomic E-state index is 0. The van der Waals surface area contributed by atoms with Crippen molar-refractivity contribution in [2.75, 3.05) is 13.2 Å². The van der Waals surface area contributed by atoms with Crippen LogP contribution in [0.5, 0.6) is 0 Å². The molecule has 0 bridgehead atoms. The standard InChI is InChI=1S/C6H10O.2BrH.Mg/c1-3-5-7-6-4-2;;;/h3-4H,1-2,5-6H2;2*1H;/q;;;+2/p-2. The SMILES string of the molecule is C=CCOCC=C.[Br-].[Br-].[Mg+2]. The molecular weight excluding hydrogens is 272 g/mol. The zero-order valence-corrected chi connectivity index (χ0v) is 10.4. The zero-order chi connectivity index (χ0) is 5.54. The van der Waals surface area contributed by atoms with Crippen molar-refractivity contribution in [1.29, 1.82) is 0 Å². The second-order valence-corrected chi connectivity index (χ2v) is 1.11. The zero-order valence-electron chi connectivity index (χ0n) is 5.85. The fraction of sp³-hybridized carbons (Fsp3) is 0.333. The van der Waals surface area contributed by atoms with Crippen LogP contribution >= 0.6 is 0 Å². The van der Waals surface area contributed by atoms with E-state index in [2.05, 4.69) is 13.2 Å². The van der Waals surface area contributed by atoms with E-state index >= 15 is 0 Å². The third-order valence-electron chi connectivity index (χ3n) is 0.471. The van der Waals surface area contributed by atoms with Crippen LogP contribution in [0, 0.1) is 0 Å². The summed E-state index contributed by atoms with van der Waals surface area (Å²) in [5, 5.41) is 0. The monoisotopic (exact) mass is 280 g/mol. The van der Waals surface area contributed by atoms with Crippen LogP contribution in [-0.2, 0) is 4.74 Å². The number of hydrogen-bond acceptors (Lipinski definition) is 1. The van der Waals surface area contributed by atoms with E-state index in [4.69, 9.17) is 4.74 Å². The summed E-state index contributed by atoms with van der Waals surface area (Å²) in [6.07, 6.45) is 3.42. The van der Waals surface area contributed by atoms with Gasteiger partial charge in [0.1, 0.15) is 0 Å². The maximum absolute atomic E-state index is 4.90. The molecule has 4 heteroatoms. The fourth-order valence-corrected chi connectivity index (χ4v) is 0.235. The first-order valence-electron chi connectivity index (χ1n) is 2.21. The van der Waals surface area contributed by atoms with E-state index in [1.165, 1.54) is 0 Å². The predicted octanol–water partition coefficient (Wildman–Crippen LogP) is -5.00. The average Bonchev–Trinajstić information content (AvgIpc) is 1.69. The fourth-order valence-electron chi connectivity index (χ4n) is 0.235. The van der Waals surface area contributed by atoms with Crippen molar-refractivity contribution in [3.8, 4) is 0 Å². The number of ether oxygens (including phenoxy) is 1. The third kappa shape index (κ3) is 22.9. The van der Waals surface area contributed by atoms with Crippen LogP contribution in [0.2, 0.25) is 0 Å². The van der Waals surface area contributed by atoms with Gasteiger partial charge in [-0.1, -0.05) is 12.2 Å². The number of rotatable bonds is 4. The first-order chi connectivity index (χ1) is 3.41. The Morgan fingerprint density at radius 3 is 1.50 bits per heavy atom. The Morgan fingerprint density at radius 2 is 1.30 bits per heavy atom. The van der Waals surface area contributed by atoms with Gasteiger partial charge in [-0.15, -0.1) is 13.2 Å². The number of hydrogen-bond donors (Lipinski definition) is 0. The molecule has 0 spiro atoms. The molecule has 0 aliphatic heterocycles. The van der Waals surface area contributed by atoms with Crippen molar-refractivity contribution in [3.63, 3.8) is 0 Å². The van der Waals surface area contributed by atoms with Crippen molar-refractivity contribution in [1.82, 2.24) is 0 Å². The quantitative estimate of drug-likeness (QED) is 0.285. The van der Waals surface area contributed by atoms with Gasteiger partial charge >= 0.3 is 23.1 Å². The van der Waals surface area contributed by atoms with Crippen LogP contribution in [0.15, 0.2) is 25.3 Å². The van der Waals surface area contributed by atoms with Crippen molar-refractivity contribution in [2.24, 2.45) is 0 Å². The summed E-state index contributed by atoms with van der Waals surface area (Å²) >= 11 is 0. The van der Waals surface area contributed by atoms with Crippen LogP contribution in [0.25, 0.3) is 0 Å². The Bertz CT molecular complexity index is 60.8. The third-order valence-corrected chi connectivity index (χ3v) is 0.471. The van der Waals surface area contributed by atoms with Gasteiger partial charge in [0, 0.05) is 0 Å². The molecule has 0 aromatic heterocycles. The molecule has 10 heavy (non-hydrogen) atoms. The Balaban J connectivity index is -0.0000000600. The van der Waals surface area contributed by atoms with E-state index in [-0.39, 0.29) is 57.0 Å². The average molecular weight is 282 g/mol. The second-order valence-electron chi connectivity index (χ2n) is 1.11. The van der Waals surface area contributed by atoms with Gasteiger partial charge in [0.05, 0.1) is 13.2 Å². The van der Waals surface area contributed by atoms with Crippen LogP contribution < -0.4 is 34.0 Å². The molecule has 0 unspecified atom stereocenters. The predicted molar refractivity (Wildman–Crippen MR) is 37.0 cm³/mol. The largest absolute Gasteiger partial charge is 2.00 e. The Morgan fingerprint density at radius 1 is 1.00 bits per heavy atom. The molecule has 1 nitrogen and oxygen atoms in total. The summed E-state index contributed by atoms with van der Waals surface area (Å²) in [6.45, 7) is 8.18. The van der Waals surface area contributed by atoms with Gasteiger partial charge in [0.2, 0.25) is 0 Å². The maximum atomic E-state index is 4.90. The summed E-state index contributed by atoms with van der Waals surface area (Å²) in [5.41, 5.74) is 0. The summed E-state index contributed by atoms with van der Waals surface area (Å²) in [7, 11) is 0. The van der Waals surface area contributed by atoms with Crippen LogP contribution in [0.3, 0.4) is 0 Å². The summed E-state index contributed by atoms with van der Waals surface area (Å²) < 4.78 is 4.90. The molecule has 0 aromatic carbocycles. The van der Waals surface area contributed by atoms with Gasteiger partial charge in [-0.3, -0.25) is 0 Å². The van der Waals surface area contributed by atoms with E-state index in [0.717, 1.165) is 0 Å². The molecule has 0 N–H and O–H groups in total. The summed E-state index contributed by atoms with van der Waals surface area (Å²) in [6, 6.07) is 0. The van der Waals surface area contributed by atoms with Crippen molar-refractivity contribution >= 4 is 23.1 Å². The molecule has 56 valence electrons. The molecule has 0 saturated heterocycles. The van der Waals surface area contributed by atoms with Crippen LogP contribution in [0.1, 0.15) is 0 Å². The van der Waals surface area contributed by atoms with Gasteiger partial charge < -0.3 is 38.7 Å². The van der Waals surface area contributed by atoms with E-state index in [1.54, 1.807) is 12.2 Å². The minimum absolute atomic E-state index is 0. The van der Waals surface area contributed by atoms with Crippen molar-refractivity contribution in [2.45, 2.75) is 0 Å². The first-order valence-corrected chi connectivity index (χ1v) is 2.21. The van der Waals surface area contributed by atoms with Gasteiger partial charge in [-0.25, -0.2) is 0 Å². The van der Waals surface area contributed by atoms with Gasteiger partial charge in [-0.2, -0.15) is 0 Å². The van der Waals surface area contributed by atoms with Gasteiger partial charge in [0.25, 0.3) is 0 Å². The topological polar surface area (TPSA) is 9.23 Å². The Labute approximate surface area is 99.6 Å². The van der Waals surface area contributed by atoms with Crippen LogP contribution in [-0.4, -0.2) is 36.3 Å². The normalized spacial score (nSPS) is 5.60. The molecule has 0 aliphatic carbocycles. The molecular formula is C6H10Br2MgO. The molecule has 0 radical (unpaired) electrons. The van der Waals surface area contributed by atoms with E-state index < -0.39 is 0 Å². The number of halogens is 2. The molecule has 0 aliphatic rings. The maximum Gasteiger partial charge on any atom is 2.00 e. The van der Waals surface area contributed by atoms with E-state index in [9.17, 15) is 0 Å². The van der Waals surface area contributed by atoms with Gasteiger partial charge in [0.15, 0.2) is 0 Å². The molecule has 0 fully saturated rings. The van der Waals surface area contributed by atoms with Gasteiger partial charge in [-0.05, 0) is 0 Å². The first kappa shape index (κ1) is 22.5. The second kappa shape index (κ2) is 22.5. The molecule has 0 atom stereocenters. The van der Waals surface area contributed by atoms with Crippen molar-refractivity contribution < 1.29 is 38.7 Å². The van der Waals surface area contributed by atoms with E-state index in [0.29, 0.717) is 13.2 Å². The Kier molecular flexibility index (Phi) is 50.5. The summed E-state index contributed by atoms with van der Waals surface area (Å²) in [5.74, 6) is 0. The van der Waals surface area contributed by atoms with E-state index in [1.807, 2.05) is 0 Å². The Hall–Kier alpha value is 1.17. The van der Waals surface area contributed by atoms with Crippen molar-refractivity contribution in [3.05, 3.63) is 25.3 Å².